The number of hydrogen-bond donors (Lipinski definition) is 1. The van der Waals surface area contributed by atoms with Gasteiger partial charge >= 0.3 is 5.97 Å². The topological polar surface area (TPSA) is 40.5 Å². The van der Waals surface area contributed by atoms with E-state index in [4.69, 9.17) is 5.11 Å². The van der Waals surface area contributed by atoms with Crippen LogP contribution < -0.4 is 4.90 Å². The van der Waals surface area contributed by atoms with Gasteiger partial charge in [-0.3, -0.25) is 0 Å². The van der Waals surface area contributed by atoms with Gasteiger partial charge in [0, 0.05) is 16.7 Å². The summed E-state index contributed by atoms with van der Waals surface area (Å²) in [5.41, 5.74) is 0.944. The number of benzene rings is 1. The van der Waals surface area contributed by atoms with E-state index in [0.717, 1.165) is 23.1 Å². The molecular formula is C12H16BrNO2. The quantitative estimate of drug-likeness (QED) is 0.904. The summed E-state index contributed by atoms with van der Waals surface area (Å²) in [6, 6.07) is 7.21. The standard InChI is InChI=1S/C12H16BrNO2/c1-3-8-14(9(2)12(15)16)11-6-4-10(13)5-7-11/h4-7,9H,3,8H2,1-2H3,(H,15,16)/t9-/m0/s1. The first kappa shape index (κ1) is 13.0. The molecule has 0 aliphatic rings. The third kappa shape index (κ3) is 3.23. The molecule has 0 spiro atoms. The SMILES string of the molecule is CCCN(c1ccc(Br)cc1)[C@@H](C)C(=O)O. The fourth-order valence-electron chi connectivity index (χ4n) is 1.55. The van der Waals surface area contributed by atoms with Crippen LogP contribution in [-0.4, -0.2) is 23.7 Å². The van der Waals surface area contributed by atoms with Crippen molar-refractivity contribution < 1.29 is 9.90 Å². The van der Waals surface area contributed by atoms with Crippen LogP contribution in [-0.2, 0) is 4.79 Å². The van der Waals surface area contributed by atoms with Gasteiger partial charge in [-0.1, -0.05) is 22.9 Å². The van der Waals surface area contributed by atoms with Crippen molar-refractivity contribution in [1.29, 1.82) is 0 Å². The summed E-state index contributed by atoms with van der Waals surface area (Å²) in [6.07, 6.45) is 0.924. The van der Waals surface area contributed by atoms with Gasteiger partial charge in [-0.05, 0) is 37.6 Å². The molecule has 1 aromatic carbocycles. The van der Waals surface area contributed by atoms with E-state index in [1.54, 1.807) is 6.92 Å². The van der Waals surface area contributed by atoms with Crippen molar-refractivity contribution in [2.45, 2.75) is 26.3 Å². The third-order valence-electron chi connectivity index (χ3n) is 2.45. The molecule has 1 N–H and O–H groups in total. The summed E-state index contributed by atoms with van der Waals surface area (Å²) < 4.78 is 0.996. The van der Waals surface area contributed by atoms with Crippen molar-refractivity contribution in [2.24, 2.45) is 0 Å². The van der Waals surface area contributed by atoms with Crippen LogP contribution in [0, 0.1) is 0 Å². The Kier molecular flexibility index (Phi) is 4.80. The zero-order valence-electron chi connectivity index (χ0n) is 9.48. The molecule has 0 aliphatic carbocycles. The zero-order valence-corrected chi connectivity index (χ0v) is 11.1. The summed E-state index contributed by atoms with van der Waals surface area (Å²) in [5, 5.41) is 9.04. The molecule has 0 saturated heterocycles. The average Bonchev–Trinajstić information content (AvgIpc) is 2.26. The maximum atomic E-state index is 11.0. The van der Waals surface area contributed by atoms with Gasteiger partial charge in [0.2, 0.25) is 0 Å². The summed E-state index contributed by atoms with van der Waals surface area (Å²) in [7, 11) is 0. The molecule has 0 radical (unpaired) electrons. The Morgan fingerprint density at radius 3 is 2.44 bits per heavy atom. The molecule has 1 atom stereocenters. The van der Waals surface area contributed by atoms with Crippen LogP contribution >= 0.6 is 15.9 Å². The molecule has 0 aliphatic heterocycles. The molecule has 3 nitrogen and oxygen atoms in total. The smallest absolute Gasteiger partial charge is 0.326 e. The van der Waals surface area contributed by atoms with Gasteiger partial charge in [0.15, 0.2) is 0 Å². The Morgan fingerprint density at radius 1 is 1.44 bits per heavy atom. The lowest BCUT2D eigenvalue weighted by Crippen LogP contribution is -2.39. The highest BCUT2D eigenvalue weighted by molar-refractivity contribution is 9.10. The van der Waals surface area contributed by atoms with Crippen LogP contribution in [0.4, 0.5) is 5.69 Å². The van der Waals surface area contributed by atoms with Gasteiger partial charge < -0.3 is 10.0 Å². The number of carbonyl (C=O) groups is 1. The minimum absolute atomic E-state index is 0.499. The van der Waals surface area contributed by atoms with Crippen LogP contribution in [0.15, 0.2) is 28.7 Å². The van der Waals surface area contributed by atoms with Crippen molar-refractivity contribution in [2.75, 3.05) is 11.4 Å². The molecule has 0 amide bonds. The van der Waals surface area contributed by atoms with Gasteiger partial charge in [0.1, 0.15) is 6.04 Å². The van der Waals surface area contributed by atoms with E-state index < -0.39 is 12.0 Å². The van der Waals surface area contributed by atoms with Gasteiger partial charge in [0.05, 0.1) is 0 Å². The highest BCUT2D eigenvalue weighted by atomic mass is 79.9. The Balaban J connectivity index is 2.92. The monoisotopic (exact) mass is 285 g/mol. The van der Waals surface area contributed by atoms with E-state index in [2.05, 4.69) is 15.9 Å². The number of carboxylic acids is 1. The molecule has 16 heavy (non-hydrogen) atoms. The molecule has 0 heterocycles. The summed E-state index contributed by atoms with van der Waals surface area (Å²) >= 11 is 3.36. The molecule has 0 aromatic heterocycles. The summed E-state index contributed by atoms with van der Waals surface area (Å²) in [5.74, 6) is -0.795. The Morgan fingerprint density at radius 2 is 2.00 bits per heavy atom. The van der Waals surface area contributed by atoms with Crippen molar-refractivity contribution >= 4 is 27.6 Å². The van der Waals surface area contributed by atoms with Crippen LogP contribution in [0.25, 0.3) is 0 Å². The molecule has 1 rings (SSSR count). The minimum atomic E-state index is -0.795. The predicted molar refractivity (Wildman–Crippen MR) is 68.9 cm³/mol. The van der Waals surface area contributed by atoms with Crippen molar-refractivity contribution in [3.8, 4) is 0 Å². The molecule has 1 aromatic rings. The van der Waals surface area contributed by atoms with Gasteiger partial charge in [-0.2, -0.15) is 0 Å². The number of nitrogens with zero attached hydrogens (tertiary/aromatic N) is 1. The highest BCUT2D eigenvalue weighted by Crippen LogP contribution is 2.20. The zero-order chi connectivity index (χ0) is 12.1. The fourth-order valence-corrected chi connectivity index (χ4v) is 1.82. The number of rotatable bonds is 5. The molecular weight excluding hydrogens is 270 g/mol. The third-order valence-corrected chi connectivity index (χ3v) is 2.98. The first-order valence-electron chi connectivity index (χ1n) is 5.31. The second-order valence-corrected chi connectivity index (χ2v) is 4.60. The first-order valence-corrected chi connectivity index (χ1v) is 6.10. The summed E-state index contributed by atoms with van der Waals surface area (Å²) in [4.78, 5) is 12.9. The van der Waals surface area contributed by atoms with Crippen molar-refractivity contribution in [3.05, 3.63) is 28.7 Å². The Bertz CT molecular complexity index is 351. The Labute approximate surface area is 104 Å². The van der Waals surface area contributed by atoms with E-state index in [0.29, 0.717) is 0 Å². The second-order valence-electron chi connectivity index (χ2n) is 3.68. The largest absolute Gasteiger partial charge is 0.480 e. The highest BCUT2D eigenvalue weighted by Gasteiger charge is 2.19. The van der Waals surface area contributed by atoms with Crippen LogP contribution in [0.2, 0.25) is 0 Å². The maximum absolute atomic E-state index is 11.0. The Hall–Kier alpha value is -1.03. The van der Waals surface area contributed by atoms with Gasteiger partial charge in [-0.25, -0.2) is 4.79 Å². The number of anilines is 1. The van der Waals surface area contributed by atoms with E-state index in [-0.39, 0.29) is 0 Å². The van der Waals surface area contributed by atoms with E-state index in [9.17, 15) is 4.79 Å². The molecule has 0 bridgehead atoms. The van der Waals surface area contributed by atoms with E-state index >= 15 is 0 Å². The van der Waals surface area contributed by atoms with E-state index in [1.807, 2.05) is 36.1 Å². The number of aliphatic carboxylic acids is 1. The molecule has 4 heteroatoms. The first-order chi connectivity index (χ1) is 7.56. The number of hydrogen-bond acceptors (Lipinski definition) is 2. The maximum Gasteiger partial charge on any atom is 0.326 e. The second kappa shape index (κ2) is 5.89. The van der Waals surface area contributed by atoms with E-state index in [1.165, 1.54) is 0 Å². The lowest BCUT2D eigenvalue weighted by atomic mass is 10.2. The van der Waals surface area contributed by atoms with Gasteiger partial charge in [-0.15, -0.1) is 0 Å². The van der Waals surface area contributed by atoms with Crippen LogP contribution in [0.1, 0.15) is 20.3 Å². The van der Waals surface area contributed by atoms with Crippen molar-refractivity contribution in [1.82, 2.24) is 0 Å². The number of carboxylic acid groups (broad SMARTS) is 1. The van der Waals surface area contributed by atoms with Crippen molar-refractivity contribution in [3.63, 3.8) is 0 Å². The van der Waals surface area contributed by atoms with Crippen LogP contribution in [0.5, 0.6) is 0 Å². The molecule has 0 unspecified atom stereocenters. The molecule has 0 saturated carbocycles. The molecule has 0 fully saturated rings. The number of halogens is 1. The van der Waals surface area contributed by atoms with Crippen LogP contribution in [0.3, 0.4) is 0 Å². The average molecular weight is 286 g/mol. The lowest BCUT2D eigenvalue weighted by molar-refractivity contribution is -0.138. The summed E-state index contributed by atoms with van der Waals surface area (Å²) in [6.45, 7) is 4.50. The lowest BCUT2D eigenvalue weighted by Gasteiger charge is -2.28. The van der Waals surface area contributed by atoms with Gasteiger partial charge in [0.25, 0.3) is 0 Å². The predicted octanol–water partition coefficient (Wildman–Crippen LogP) is 3.14. The minimum Gasteiger partial charge on any atom is -0.480 e. The molecule has 88 valence electrons. The normalized spacial score (nSPS) is 12.2. The fraction of sp³-hybridized carbons (Fsp3) is 0.417.